The number of halogens is 1. The zero-order valence-corrected chi connectivity index (χ0v) is 7.76. The highest BCUT2D eigenvalue weighted by Gasteiger charge is 2.42. The van der Waals surface area contributed by atoms with E-state index < -0.39 is 0 Å². The van der Waals surface area contributed by atoms with Crippen LogP contribution in [0.5, 0.6) is 0 Å². The molecule has 0 aromatic heterocycles. The summed E-state index contributed by atoms with van der Waals surface area (Å²) in [6, 6.07) is 5.56. The lowest BCUT2D eigenvalue weighted by Crippen LogP contribution is -2.08. The first-order valence-corrected chi connectivity index (χ1v) is 5.05. The van der Waals surface area contributed by atoms with Crippen molar-refractivity contribution in [2.75, 3.05) is 0 Å². The second-order valence-electron chi connectivity index (χ2n) is 4.49. The van der Waals surface area contributed by atoms with Gasteiger partial charge in [-0.15, -0.1) is 0 Å². The average Bonchev–Trinajstić information content (AvgIpc) is 2.61. The van der Waals surface area contributed by atoms with Crippen molar-refractivity contribution in [2.45, 2.75) is 31.6 Å². The van der Waals surface area contributed by atoms with Gasteiger partial charge in [-0.1, -0.05) is 19.1 Å². The molecule has 0 saturated heterocycles. The minimum atomic E-state index is 0.0249. The molecule has 2 aliphatic carbocycles. The molecule has 1 aromatic carbocycles. The maximum Gasteiger partial charge on any atom is 0.126 e. The molecule has 1 saturated carbocycles. The maximum absolute atomic E-state index is 13.5. The fourth-order valence-electron chi connectivity index (χ4n) is 3.23. The smallest absolute Gasteiger partial charge is 0.126 e. The quantitative estimate of drug-likeness (QED) is 0.568. The molecule has 68 valence electrons. The third-order valence-electron chi connectivity index (χ3n) is 3.78. The summed E-state index contributed by atoms with van der Waals surface area (Å²) in [5.74, 6) is 1.96. The molecule has 3 atom stereocenters. The molecule has 2 unspecified atom stereocenters. The van der Waals surface area contributed by atoms with Gasteiger partial charge in [-0.25, -0.2) is 4.39 Å². The van der Waals surface area contributed by atoms with E-state index in [0.717, 1.165) is 11.5 Å². The summed E-state index contributed by atoms with van der Waals surface area (Å²) >= 11 is 0. The number of fused-ring (bicyclic) bond motifs is 5. The third-order valence-corrected chi connectivity index (χ3v) is 3.78. The van der Waals surface area contributed by atoms with Crippen LogP contribution in [0.15, 0.2) is 18.2 Å². The van der Waals surface area contributed by atoms with Crippen molar-refractivity contribution >= 4 is 0 Å². The molecule has 1 heteroatoms. The van der Waals surface area contributed by atoms with Gasteiger partial charge in [0.05, 0.1) is 0 Å². The Bertz CT molecular complexity index is 356. The molecule has 1 fully saturated rings. The van der Waals surface area contributed by atoms with Crippen molar-refractivity contribution in [3.8, 4) is 0 Å². The molecule has 0 amide bonds. The van der Waals surface area contributed by atoms with Gasteiger partial charge >= 0.3 is 0 Å². The van der Waals surface area contributed by atoms with Crippen LogP contribution in [-0.2, 0) is 0 Å². The predicted molar refractivity (Wildman–Crippen MR) is 50.3 cm³/mol. The number of hydrogen-bond acceptors (Lipinski definition) is 0. The van der Waals surface area contributed by atoms with E-state index in [0.29, 0.717) is 11.8 Å². The fraction of sp³-hybridized carbons (Fsp3) is 0.500. The molecule has 3 rings (SSSR count). The van der Waals surface area contributed by atoms with Gasteiger partial charge in [-0.2, -0.15) is 0 Å². The first-order chi connectivity index (χ1) is 6.27. The topological polar surface area (TPSA) is 0 Å². The van der Waals surface area contributed by atoms with Crippen LogP contribution in [0.3, 0.4) is 0 Å². The number of benzene rings is 1. The summed E-state index contributed by atoms with van der Waals surface area (Å²) in [5, 5.41) is 0. The Hall–Kier alpha value is -0.850. The standard InChI is InChI=1S/C12H13F/c1-7-5-8-6-10(7)9-3-2-4-11(13)12(8)9/h2-4,7-8,10H,5-6H2,1H3/t7-,8?,10?/m0/s1. The molecule has 0 aliphatic heterocycles. The lowest BCUT2D eigenvalue weighted by Gasteiger charge is -2.20. The molecule has 2 aliphatic rings. The molecule has 0 radical (unpaired) electrons. The van der Waals surface area contributed by atoms with Crippen LogP contribution in [0, 0.1) is 11.7 Å². The summed E-state index contributed by atoms with van der Waals surface area (Å²) in [6.07, 6.45) is 2.38. The zero-order chi connectivity index (χ0) is 9.00. The SMILES string of the molecule is C[C@H]1CC2CC1c1cccc(F)c12. The minimum Gasteiger partial charge on any atom is -0.207 e. The largest absolute Gasteiger partial charge is 0.207 e. The first kappa shape index (κ1) is 7.54. The van der Waals surface area contributed by atoms with E-state index in [2.05, 4.69) is 13.0 Å². The molecule has 13 heavy (non-hydrogen) atoms. The Morgan fingerprint density at radius 2 is 2.15 bits per heavy atom. The molecule has 0 heterocycles. The second-order valence-corrected chi connectivity index (χ2v) is 4.49. The number of hydrogen-bond donors (Lipinski definition) is 0. The molecule has 2 bridgehead atoms. The van der Waals surface area contributed by atoms with E-state index in [1.165, 1.54) is 18.4 Å². The zero-order valence-electron chi connectivity index (χ0n) is 7.76. The Balaban J connectivity index is 2.21. The van der Waals surface area contributed by atoms with Crippen molar-refractivity contribution in [1.82, 2.24) is 0 Å². The van der Waals surface area contributed by atoms with Crippen LogP contribution in [0.1, 0.15) is 42.7 Å². The second kappa shape index (κ2) is 2.34. The average molecular weight is 176 g/mol. The summed E-state index contributed by atoms with van der Waals surface area (Å²) in [6.45, 7) is 2.29. The van der Waals surface area contributed by atoms with Gasteiger partial charge in [0, 0.05) is 0 Å². The molecular formula is C12H13F. The van der Waals surface area contributed by atoms with E-state index in [1.807, 2.05) is 6.07 Å². The highest BCUT2D eigenvalue weighted by molar-refractivity contribution is 5.42. The van der Waals surface area contributed by atoms with Crippen LogP contribution in [0.4, 0.5) is 4.39 Å². The Labute approximate surface area is 77.8 Å². The minimum absolute atomic E-state index is 0.0249. The molecule has 1 aromatic rings. The summed E-state index contributed by atoms with van der Waals surface area (Å²) in [5.41, 5.74) is 2.33. The lowest BCUT2D eigenvalue weighted by molar-refractivity contribution is 0.499. The van der Waals surface area contributed by atoms with Gasteiger partial charge in [0.25, 0.3) is 0 Å². The highest BCUT2D eigenvalue weighted by Crippen LogP contribution is 2.56. The van der Waals surface area contributed by atoms with Gasteiger partial charge in [0.1, 0.15) is 5.82 Å². The van der Waals surface area contributed by atoms with Crippen molar-refractivity contribution < 1.29 is 4.39 Å². The monoisotopic (exact) mass is 176 g/mol. The van der Waals surface area contributed by atoms with E-state index >= 15 is 0 Å². The highest BCUT2D eigenvalue weighted by atomic mass is 19.1. The molecular weight excluding hydrogens is 163 g/mol. The van der Waals surface area contributed by atoms with E-state index in [-0.39, 0.29) is 5.82 Å². The van der Waals surface area contributed by atoms with Crippen LogP contribution in [0.25, 0.3) is 0 Å². The van der Waals surface area contributed by atoms with Gasteiger partial charge in [-0.05, 0) is 47.8 Å². The van der Waals surface area contributed by atoms with Crippen molar-refractivity contribution in [1.29, 1.82) is 0 Å². The van der Waals surface area contributed by atoms with Crippen LogP contribution < -0.4 is 0 Å². The molecule has 0 nitrogen and oxygen atoms in total. The van der Waals surface area contributed by atoms with Crippen molar-refractivity contribution in [3.05, 3.63) is 35.1 Å². The van der Waals surface area contributed by atoms with Gasteiger partial charge in [0.2, 0.25) is 0 Å². The summed E-state index contributed by atoms with van der Waals surface area (Å²) < 4.78 is 13.5. The maximum atomic E-state index is 13.5. The fourth-order valence-corrected chi connectivity index (χ4v) is 3.23. The number of rotatable bonds is 0. The van der Waals surface area contributed by atoms with Gasteiger partial charge in [0.15, 0.2) is 0 Å². The van der Waals surface area contributed by atoms with Gasteiger partial charge < -0.3 is 0 Å². The van der Waals surface area contributed by atoms with E-state index in [4.69, 9.17) is 0 Å². The molecule has 0 N–H and O–H groups in total. The Kier molecular flexibility index (Phi) is 1.36. The van der Waals surface area contributed by atoms with Crippen LogP contribution >= 0.6 is 0 Å². The lowest BCUT2D eigenvalue weighted by atomic mass is 9.85. The third kappa shape index (κ3) is 0.849. The van der Waals surface area contributed by atoms with Gasteiger partial charge in [-0.3, -0.25) is 0 Å². The summed E-state index contributed by atoms with van der Waals surface area (Å²) in [4.78, 5) is 0. The first-order valence-electron chi connectivity index (χ1n) is 5.05. The normalized spacial score (nSPS) is 35.1. The van der Waals surface area contributed by atoms with Crippen molar-refractivity contribution in [2.24, 2.45) is 5.92 Å². The van der Waals surface area contributed by atoms with Crippen LogP contribution in [-0.4, -0.2) is 0 Å². The molecule has 0 spiro atoms. The van der Waals surface area contributed by atoms with Crippen molar-refractivity contribution in [3.63, 3.8) is 0 Å². The summed E-state index contributed by atoms with van der Waals surface area (Å²) in [7, 11) is 0. The Morgan fingerprint density at radius 1 is 1.31 bits per heavy atom. The van der Waals surface area contributed by atoms with Crippen LogP contribution in [0.2, 0.25) is 0 Å². The van der Waals surface area contributed by atoms with E-state index in [9.17, 15) is 4.39 Å². The predicted octanol–water partition coefficient (Wildman–Crippen LogP) is 3.44. The Morgan fingerprint density at radius 3 is 3.00 bits per heavy atom. The van der Waals surface area contributed by atoms with E-state index in [1.54, 1.807) is 6.07 Å².